The molecule has 1 aromatic carbocycles. The molecule has 0 bridgehead atoms. The second-order valence-corrected chi connectivity index (χ2v) is 5.50. The molecule has 116 valence electrons. The Morgan fingerprint density at radius 1 is 1.29 bits per heavy atom. The molecule has 4 nitrogen and oxygen atoms in total. The highest BCUT2D eigenvalue weighted by Gasteiger charge is 2.26. The summed E-state index contributed by atoms with van der Waals surface area (Å²) in [6.07, 6.45) is 4.89. The summed E-state index contributed by atoms with van der Waals surface area (Å²) in [5.74, 6) is 0.941. The van der Waals surface area contributed by atoms with Crippen LogP contribution in [0.1, 0.15) is 38.2 Å². The first-order chi connectivity index (χ1) is 10.2. The molecule has 0 saturated heterocycles. The van der Waals surface area contributed by atoms with Crippen LogP contribution in [-0.4, -0.2) is 41.7 Å². The summed E-state index contributed by atoms with van der Waals surface area (Å²) < 4.78 is 5.40. The number of amides is 1. The van der Waals surface area contributed by atoms with E-state index in [0.29, 0.717) is 25.6 Å². The first-order valence-electron chi connectivity index (χ1n) is 7.86. The molecule has 0 atom stereocenters. The standard InChI is InChI=1S/C17H25NO3/c1-2-21-16-9-7-14(8-10-16)13-17(20)18(11-12-19)15-5-3-4-6-15/h7-10,15,19H,2-6,11-13H2,1H3. The lowest BCUT2D eigenvalue weighted by molar-refractivity contribution is -0.133. The molecule has 0 unspecified atom stereocenters. The summed E-state index contributed by atoms with van der Waals surface area (Å²) in [4.78, 5) is 14.3. The van der Waals surface area contributed by atoms with Gasteiger partial charge in [0.1, 0.15) is 5.75 Å². The summed E-state index contributed by atoms with van der Waals surface area (Å²) in [6, 6.07) is 7.99. The van der Waals surface area contributed by atoms with E-state index in [2.05, 4.69) is 0 Å². The molecule has 2 rings (SSSR count). The van der Waals surface area contributed by atoms with Crippen LogP contribution in [0.4, 0.5) is 0 Å². The lowest BCUT2D eigenvalue weighted by Crippen LogP contribution is -2.41. The van der Waals surface area contributed by atoms with E-state index in [0.717, 1.165) is 24.2 Å². The van der Waals surface area contributed by atoms with Gasteiger partial charge in [-0.2, -0.15) is 0 Å². The number of rotatable bonds is 7. The van der Waals surface area contributed by atoms with Gasteiger partial charge >= 0.3 is 0 Å². The number of nitrogens with zero attached hydrogens (tertiary/aromatic N) is 1. The number of carbonyl (C=O) groups is 1. The van der Waals surface area contributed by atoms with Crippen LogP contribution >= 0.6 is 0 Å². The predicted octanol–water partition coefficient (Wildman–Crippen LogP) is 2.39. The molecule has 1 amide bonds. The summed E-state index contributed by atoms with van der Waals surface area (Å²) >= 11 is 0. The number of carbonyl (C=O) groups excluding carboxylic acids is 1. The SMILES string of the molecule is CCOc1ccc(CC(=O)N(CCO)C2CCCC2)cc1. The van der Waals surface area contributed by atoms with Gasteiger partial charge < -0.3 is 14.7 Å². The van der Waals surface area contributed by atoms with E-state index in [1.54, 1.807) is 0 Å². The van der Waals surface area contributed by atoms with Crippen molar-refractivity contribution in [1.29, 1.82) is 0 Å². The van der Waals surface area contributed by atoms with E-state index in [1.807, 2.05) is 36.1 Å². The fourth-order valence-electron chi connectivity index (χ4n) is 2.98. The summed E-state index contributed by atoms with van der Waals surface area (Å²) in [5.41, 5.74) is 0.990. The Morgan fingerprint density at radius 2 is 1.95 bits per heavy atom. The van der Waals surface area contributed by atoms with Gasteiger partial charge in [-0.3, -0.25) is 4.79 Å². The largest absolute Gasteiger partial charge is 0.494 e. The van der Waals surface area contributed by atoms with Gasteiger partial charge in [0.2, 0.25) is 5.91 Å². The fraction of sp³-hybridized carbons (Fsp3) is 0.588. The van der Waals surface area contributed by atoms with Gasteiger partial charge in [0.15, 0.2) is 0 Å². The Bertz CT molecular complexity index is 438. The predicted molar refractivity (Wildman–Crippen MR) is 82.4 cm³/mol. The normalized spacial score (nSPS) is 15.1. The van der Waals surface area contributed by atoms with Gasteiger partial charge in [0, 0.05) is 12.6 Å². The van der Waals surface area contributed by atoms with Gasteiger partial charge in [0.25, 0.3) is 0 Å². The van der Waals surface area contributed by atoms with E-state index >= 15 is 0 Å². The van der Waals surface area contributed by atoms with Gasteiger partial charge in [0.05, 0.1) is 19.6 Å². The lowest BCUT2D eigenvalue weighted by atomic mass is 10.1. The molecular weight excluding hydrogens is 266 g/mol. The maximum Gasteiger partial charge on any atom is 0.227 e. The van der Waals surface area contributed by atoms with Crippen LogP contribution < -0.4 is 4.74 Å². The monoisotopic (exact) mass is 291 g/mol. The number of benzene rings is 1. The number of aliphatic hydroxyl groups is 1. The molecule has 1 saturated carbocycles. The molecule has 0 aliphatic heterocycles. The van der Waals surface area contributed by atoms with Crippen molar-refractivity contribution in [3.8, 4) is 5.75 Å². The Balaban J connectivity index is 1.96. The van der Waals surface area contributed by atoms with Crippen molar-refractivity contribution in [2.24, 2.45) is 0 Å². The minimum absolute atomic E-state index is 0.0333. The van der Waals surface area contributed by atoms with Crippen molar-refractivity contribution in [2.75, 3.05) is 19.8 Å². The highest BCUT2D eigenvalue weighted by atomic mass is 16.5. The first kappa shape index (κ1) is 15.8. The minimum atomic E-state index is 0.0333. The zero-order valence-corrected chi connectivity index (χ0v) is 12.8. The van der Waals surface area contributed by atoms with Crippen LogP contribution in [0.15, 0.2) is 24.3 Å². The highest BCUT2D eigenvalue weighted by Crippen LogP contribution is 2.24. The van der Waals surface area contributed by atoms with E-state index in [-0.39, 0.29) is 12.5 Å². The van der Waals surface area contributed by atoms with Crippen molar-refractivity contribution in [2.45, 2.75) is 45.1 Å². The molecule has 1 aliphatic rings. The van der Waals surface area contributed by atoms with Crippen LogP contribution in [0.5, 0.6) is 5.75 Å². The molecule has 0 spiro atoms. The summed E-state index contributed by atoms with van der Waals surface area (Å²) in [5, 5.41) is 9.20. The number of ether oxygens (including phenoxy) is 1. The smallest absolute Gasteiger partial charge is 0.227 e. The van der Waals surface area contributed by atoms with E-state index in [9.17, 15) is 9.90 Å². The van der Waals surface area contributed by atoms with Crippen LogP contribution in [0.25, 0.3) is 0 Å². The molecule has 21 heavy (non-hydrogen) atoms. The Labute approximate surface area is 126 Å². The van der Waals surface area contributed by atoms with Crippen LogP contribution in [0, 0.1) is 0 Å². The molecular formula is C17H25NO3. The molecule has 0 radical (unpaired) electrons. The number of hydrogen-bond acceptors (Lipinski definition) is 3. The summed E-state index contributed by atoms with van der Waals surface area (Å²) in [7, 11) is 0. The Hall–Kier alpha value is -1.55. The highest BCUT2D eigenvalue weighted by molar-refractivity contribution is 5.79. The van der Waals surface area contributed by atoms with Gasteiger partial charge in [-0.25, -0.2) is 0 Å². The second kappa shape index (κ2) is 8.03. The van der Waals surface area contributed by atoms with E-state index < -0.39 is 0 Å². The Morgan fingerprint density at radius 3 is 2.52 bits per heavy atom. The van der Waals surface area contributed by atoms with E-state index in [1.165, 1.54) is 12.8 Å². The van der Waals surface area contributed by atoms with Crippen LogP contribution in [0.2, 0.25) is 0 Å². The average molecular weight is 291 g/mol. The van der Waals surface area contributed by atoms with Crippen molar-refractivity contribution in [3.63, 3.8) is 0 Å². The third-order valence-corrected chi connectivity index (χ3v) is 4.02. The maximum atomic E-state index is 12.5. The third kappa shape index (κ3) is 4.46. The zero-order valence-electron chi connectivity index (χ0n) is 12.8. The topological polar surface area (TPSA) is 49.8 Å². The number of aliphatic hydroxyl groups excluding tert-OH is 1. The van der Waals surface area contributed by atoms with Gasteiger partial charge in [-0.15, -0.1) is 0 Å². The van der Waals surface area contributed by atoms with Gasteiger partial charge in [-0.05, 0) is 37.5 Å². The maximum absolute atomic E-state index is 12.5. The van der Waals surface area contributed by atoms with Crippen molar-refractivity contribution >= 4 is 5.91 Å². The molecule has 1 N–H and O–H groups in total. The van der Waals surface area contributed by atoms with Crippen LogP contribution in [0.3, 0.4) is 0 Å². The number of hydrogen-bond donors (Lipinski definition) is 1. The molecule has 1 fully saturated rings. The molecule has 0 aromatic heterocycles. The quantitative estimate of drug-likeness (QED) is 0.839. The van der Waals surface area contributed by atoms with Crippen LogP contribution in [-0.2, 0) is 11.2 Å². The van der Waals surface area contributed by atoms with Gasteiger partial charge in [-0.1, -0.05) is 25.0 Å². The molecule has 1 aliphatic carbocycles. The molecule has 4 heteroatoms. The molecule has 1 aromatic rings. The van der Waals surface area contributed by atoms with Crippen molar-refractivity contribution in [3.05, 3.63) is 29.8 Å². The zero-order chi connectivity index (χ0) is 15.1. The van der Waals surface area contributed by atoms with Crippen molar-refractivity contribution in [1.82, 2.24) is 4.90 Å². The summed E-state index contributed by atoms with van der Waals surface area (Å²) in [6.45, 7) is 3.07. The fourth-order valence-corrected chi connectivity index (χ4v) is 2.98. The Kier molecular flexibility index (Phi) is 6.05. The minimum Gasteiger partial charge on any atom is -0.494 e. The molecule has 0 heterocycles. The van der Waals surface area contributed by atoms with Crippen molar-refractivity contribution < 1.29 is 14.6 Å². The second-order valence-electron chi connectivity index (χ2n) is 5.50. The first-order valence-corrected chi connectivity index (χ1v) is 7.86. The average Bonchev–Trinajstić information content (AvgIpc) is 3.01. The van der Waals surface area contributed by atoms with E-state index in [4.69, 9.17) is 4.74 Å². The lowest BCUT2D eigenvalue weighted by Gasteiger charge is -2.28. The third-order valence-electron chi connectivity index (χ3n) is 4.02.